The van der Waals surface area contributed by atoms with Gasteiger partial charge in [0.1, 0.15) is 5.69 Å². The summed E-state index contributed by atoms with van der Waals surface area (Å²) in [5.41, 5.74) is 1.89. The quantitative estimate of drug-likeness (QED) is 0.614. The topological polar surface area (TPSA) is 101 Å². The number of hydrogen-bond donors (Lipinski definition) is 2. The second-order valence-electron chi connectivity index (χ2n) is 7.28. The zero-order valence-electron chi connectivity index (χ0n) is 17.1. The molecule has 31 heavy (non-hydrogen) atoms. The lowest BCUT2D eigenvalue weighted by molar-refractivity contribution is -0.123. The Morgan fingerprint density at radius 2 is 1.81 bits per heavy atom. The maximum absolute atomic E-state index is 12.5. The predicted octanol–water partition coefficient (Wildman–Crippen LogP) is 2.55. The van der Waals surface area contributed by atoms with Crippen LogP contribution in [0.3, 0.4) is 0 Å². The van der Waals surface area contributed by atoms with Gasteiger partial charge >= 0.3 is 5.97 Å². The van der Waals surface area contributed by atoms with Crippen LogP contribution in [-0.4, -0.2) is 49.3 Å². The Hall–Kier alpha value is -3.65. The number of ether oxygens (including phenoxy) is 2. The number of H-pyrrole nitrogens is 1. The number of aromatic amines is 1. The maximum atomic E-state index is 12.5. The number of para-hydroxylation sites is 1. The molecule has 0 saturated carbocycles. The molecule has 1 aliphatic heterocycles. The number of carbonyl (C=O) groups excluding carboxylic acids is 2. The van der Waals surface area contributed by atoms with E-state index in [0.717, 1.165) is 18.8 Å². The summed E-state index contributed by atoms with van der Waals surface area (Å²) in [4.78, 5) is 42.2. The Kier molecular flexibility index (Phi) is 5.99. The lowest BCUT2D eigenvalue weighted by atomic mass is 10.2. The molecule has 2 N–H and O–H groups in total. The van der Waals surface area contributed by atoms with Crippen LogP contribution in [0.4, 0.5) is 11.4 Å². The number of aromatic nitrogens is 1. The highest BCUT2D eigenvalue weighted by molar-refractivity contribution is 5.97. The summed E-state index contributed by atoms with van der Waals surface area (Å²) < 4.78 is 10.6. The van der Waals surface area contributed by atoms with E-state index in [1.54, 1.807) is 36.4 Å². The Morgan fingerprint density at radius 1 is 1.10 bits per heavy atom. The van der Waals surface area contributed by atoms with Gasteiger partial charge in [0.05, 0.1) is 13.2 Å². The number of morpholine rings is 1. The zero-order valence-corrected chi connectivity index (χ0v) is 17.1. The predicted molar refractivity (Wildman–Crippen MR) is 118 cm³/mol. The number of fused-ring (bicyclic) bond motifs is 1. The molecular weight excluding hydrogens is 398 g/mol. The van der Waals surface area contributed by atoms with Crippen LogP contribution in [-0.2, 0) is 14.3 Å². The molecule has 1 aliphatic rings. The van der Waals surface area contributed by atoms with Crippen LogP contribution in [0, 0.1) is 0 Å². The number of rotatable bonds is 5. The number of amides is 1. The van der Waals surface area contributed by atoms with Gasteiger partial charge in [0, 0.05) is 41.4 Å². The minimum Gasteiger partial charge on any atom is -0.448 e. The molecule has 1 amide bonds. The summed E-state index contributed by atoms with van der Waals surface area (Å²) in [6.07, 6.45) is -1.04. The first-order valence-corrected chi connectivity index (χ1v) is 10.1. The molecule has 2 aromatic carbocycles. The Bertz CT molecular complexity index is 1150. The van der Waals surface area contributed by atoms with E-state index in [2.05, 4.69) is 15.2 Å². The Labute approximate surface area is 178 Å². The molecule has 8 heteroatoms. The SMILES string of the molecule is C[C@H](OC(=O)c1cc(=O)c2ccccc2[nH]1)C(=O)Nc1ccc(N2CCOCC2)cc1. The fourth-order valence-corrected chi connectivity index (χ4v) is 3.41. The fraction of sp³-hybridized carbons (Fsp3) is 0.261. The first kappa shape index (κ1) is 20.6. The summed E-state index contributed by atoms with van der Waals surface area (Å²) in [7, 11) is 0. The van der Waals surface area contributed by atoms with Crippen LogP contribution in [0.15, 0.2) is 59.4 Å². The highest BCUT2D eigenvalue weighted by atomic mass is 16.5. The molecule has 0 unspecified atom stereocenters. The van der Waals surface area contributed by atoms with Crippen LogP contribution in [0.1, 0.15) is 17.4 Å². The van der Waals surface area contributed by atoms with E-state index in [9.17, 15) is 14.4 Å². The number of benzene rings is 2. The molecule has 8 nitrogen and oxygen atoms in total. The standard InChI is InChI=1S/C23H23N3O5/c1-15(31-23(29)20-14-21(27)18-4-2-3-5-19(18)25-20)22(28)24-16-6-8-17(9-7-16)26-10-12-30-13-11-26/h2-9,14-15H,10-13H2,1H3,(H,24,28)(H,25,27)/t15-/m0/s1. The van der Waals surface area contributed by atoms with Gasteiger partial charge in [0.2, 0.25) is 0 Å². The molecular formula is C23H23N3O5. The number of esters is 1. The number of anilines is 2. The molecule has 0 aliphatic carbocycles. The summed E-state index contributed by atoms with van der Waals surface area (Å²) >= 11 is 0. The van der Waals surface area contributed by atoms with Crippen LogP contribution in [0.5, 0.6) is 0 Å². The lowest BCUT2D eigenvalue weighted by Crippen LogP contribution is -2.36. The van der Waals surface area contributed by atoms with E-state index in [1.165, 1.54) is 13.0 Å². The largest absolute Gasteiger partial charge is 0.448 e. The average Bonchev–Trinajstić information content (AvgIpc) is 2.80. The molecule has 1 saturated heterocycles. The molecule has 4 rings (SSSR count). The third-order valence-electron chi connectivity index (χ3n) is 5.12. The van der Waals surface area contributed by atoms with Gasteiger partial charge in [-0.05, 0) is 43.3 Å². The third kappa shape index (κ3) is 4.75. The van der Waals surface area contributed by atoms with Crippen molar-refractivity contribution >= 4 is 34.2 Å². The van der Waals surface area contributed by atoms with E-state index >= 15 is 0 Å². The second kappa shape index (κ2) is 9.01. The minimum absolute atomic E-state index is 0.00165. The van der Waals surface area contributed by atoms with Gasteiger partial charge in [-0.15, -0.1) is 0 Å². The molecule has 1 fully saturated rings. The average molecular weight is 421 g/mol. The van der Waals surface area contributed by atoms with Crippen molar-refractivity contribution in [2.75, 3.05) is 36.5 Å². The number of hydrogen-bond acceptors (Lipinski definition) is 6. The van der Waals surface area contributed by atoms with Crippen molar-refractivity contribution < 1.29 is 19.1 Å². The summed E-state index contributed by atoms with van der Waals surface area (Å²) in [6, 6.07) is 15.5. The van der Waals surface area contributed by atoms with E-state index in [1.807, 2.05) is 12.1 Å². The van der Waals surface area contributed by atoms with Gasteiger partial charge < -0.3 is 24.7 Å². The van der Waals surface area contributed by atoms with Crippen molar-refractivity contribution in [2.45, 2.75) is 13.0 Å². The van der Waals surface area contributed by atoms with Crippen molar-refractivity contribution in [3.63, 3.8) is 0 Å². The van der Waals surface area contributed by atoms with Crippen molar-refractivity contribution in [3.05, 3.63) is 70.5 Å². The highest BCUT2D eigenvalue weighted by Gasteiger charge is 2.20. The summed E-state index contributed by atoms with van der Waals surface area (Å²) in [6.45, 7) is 4.54. The molecule has 0 spiro atoms. The lowest BCUT2D eigenvalue weighted by Gasteiger charge is -2.28. The molecule has 1 aromatic heterocycles. The van der Waals surface area contributed by atoms with Gasteiger partial charge in [-0.25, -0.2) is 4.79 Å². The van der Waals surface area contributed by atoms with Gasteiger partial charge in [-0.3, -0.25) is 9.59 Å². The number of carbonyl (C=O) groups is 2. The number of nitrogens with one attached hydrogen (secondary N) is 2. The first-order valence-electron chi connectivity index (χ1n) is 10.1. The van der Waals surface area contributed by atoms with E-state index in [0.29, 0.717) is 29.8 Å². The second-order valence-corrected chi connectivity index (χ2v) is 7.28. The molecule has 0 radical (unpaired) electrons. The van der Waals surface area contributed by atoms with Gasteiger partial charge in [0.25, 0.3) is 5.91 Å². The van der Waals surface area contributed by atoms with Crippen molar-refractivity contribution in [1.82, 2.24) is 4.98 Å². The first-order chi connectivity index (χ1) is 15.0. The van der Waals surface area contributed by atoms with Crippen LogP contribution in [0.2, 0.25) is 0 Å². The van der Waals surface area contributed by atoms with Crippen molar-refractivity contribution in [3.8, 4) is 0 Å². The molecule has 3 aromatic rings. The van der Waals surface area contributed by atoms with Crippen LogP contribution >= 0.6 is 0 Å². The van der Waals surface area contributed by atoms with E-state index in [4.69, 9.17) is 9.47 Å². The van der Waals surface area contributed by atoms with Crippen LogP contribution < -0.4 is 15.6 Å². The van der Waals surface area contributed by atoms with Crippen LogP contribution in [0.25, 0.3) is 10.9 Å². The molecule has 160 valence electrons. The number of pyridine rings is 1. The molecule has 2 heterocycles. The normalized spacial score (nSPS) is 14.8. The summed E-state index contributed by atoms with van der Waals surface area (Å²) in [5.74, 6) is -1.23. The minimum atomic E-state index is -1.04. The van der Waals surface area contributed by atoms with Gasteiger partial charge in [-0.2, -0.15) is 0 Å². The van der Waals surface area contributed by atoms with E-state index in [-0.39, 0.29) is 11.1 Å². The summed E-state index contributed by atoms with van der Waals surface area (Å²) in [5, 5.41) is 3.22. The highest BCUT2D eigenvalue weighted by Crippen LogP contribution is 2.19. The Balaban J connectivity index is 1.38. The molecule has 0 bridgehead atoms. The van der Waals surface area contributed by atoms with Gasteiger partial charge in [0.15, 0.2) is 11.5 Å². The fourth-order valence-electron chi connectivity index (χ4n) is 3.41. The Morgan fingerprint density at radius 3 is 2.55 bits per heavy atom. The zero-order chi connectivity index (χ0) is 21.8. The number of nitrogens with zero attached hydrogens (tertiary/aromatic N) is 1. The van der Waals surface area contributed by atoms with Crippen molar-refractivity contribution in [1.29, 1.82) is 0 Å². The monoisotopic (exact) mass is 421 g/mol. The maximum Gasteiger partial charge on any atom is 0.355 e. The van der Waals surface area contributed by atoms with Gasteiger partial charge in [-0.1, -0.05) is 12.1 Å². The third-order valence-corrected chi connectivity index (χ3v) is 5.12. The molecule has 1 atom stereocenters. The smallest absolute Gasteiger partial charge is 0.355 e. The van der Waals surface area contributed by atoms with E-state index < -0.39 is 18.0 Å². The van der Waals surface area contributed by atoms with Crippen molar-refractivity contribution in [2.24, 2.45) is 0 Å².